The van der Waals surface area contributed by atoms with E-state index in [0.29, 0.717) is 32.7 Å². The van der Waals surface area contributed by atoms with Gasteiger partial charge in [-0.15, -0.1) is 0 Å². The third kappa shape index (κ3) is 3.41. The van der Waals surface area contributed by atoms with Crippen molar-refractivity contribution in [3.8, 4) is 0 Å². The Balaban J connectivity index is 1.59. The molecule has 1 aliphatic heterocycles. The predicted molar refractivity (Wildman–Crippen MR) is 78.6 cm³/mol. The summed E-state index contributed by atoms with van der Waals surface area (Å²) in [4.78, 5) is 11.5. The van der Waals surface area contributed by atoms with Crippen molar-refractivity contribution in [2.75, 3.05) is 19.8 Å². The van der Waals surface area contributed by atoms with Gasteiger partial charge in [0.2, 0.25) is 0 Å². The maximum Gasteiger partial charge on any atom is 0.428 e. The van der Waals surface area contributed by atoms with Gasteiger partial charge in [0.15, 0.2) is 10.1 Å². The van der Waals surface area contributed by atoms with E-state index < -0.39 is 27.4 Å². The number of halogens is 2. The molecule has 2 saturated carbocycles. The first-order chi connectivity index (χ1) is 11.6. The Bertz CT molecular complexity index is 626. The number of fused-ring (bicyclic) bond motifs is 2. The van der Waals surface area contributed by atoms with Crippen LogP contribution in [0.4, 0.5) is 8.78 Å². The van der Waals surface area contributed by atoms with E-state index in [0.717, 1.165) is 12.8 Å². The number of ether oxygens (including phenoxy) is 3. The van der Waals surface area contributed by atoms with E-state index in [1.807, 2.05) is 6.92 Å². The summed E-state index contributed by atoms with van der Waals surface area (Å²) < 4.78 is 74.1. The molecule has 0 N–H and O–H groups in total. The summed E-state index contributed by atoms with van der Waals surface area (Å²) in [5.74, 6) is -2.37. The van der Waals surface area contributed by atoms with Crippen LogP contribution in [0.15, 0.2) is 0 Å². The predicted octanol–water partition coefficient (Wildman–Crippen LogP) is 1.28. The van der Waals surface area contributed by atoms with Crippen LogP contribution in [0.5, 0.6) is 0 Å². The minimum atomic E-state index is -6.10. The topological polar surface area (TPSA) is 102 Å². The molecule has 10 heteroatoms. The molecule has 25 heavy (non-hydrogen) atoms. The zero-order valence-electron chi connectivity index (χ0n) is 13.8. The smallest absolute Gasteiger partial charge is 0.428 e. The number of carbonyl (C=O) groups is 1. The molecule has 0 aromatic carbocycles. The molecule has 4 atom stereocenters. The van der Waals surface area contributed by atoms with Crippen molar-refractivity contribution in [3.63, 3.8) is 0 Å². The van der Waals surface area contributed by atoms with E-state index in [2.05, 4.69) is 0 Å². The highest BCUT2D eigenvalue weighted by atomic mass is 32.2. The lowest BCUT2D eigenvalue weighted by Gasteiger charge is -2.42. The molecule has 7 nitrogen and oxygen atoms in total. The monoisotopic (exact) mass is 383 g/mol. The number of esters is 1. The van der Waals surface area contributed by atoms with E-state index in [4.69, 9.17) is 14.2 Å². The molecule has 1 saturated heterocycles. The van der Waals surface area contributed by atoms with E-state index in [-0.39, 0.29) is 23.4 Å². The standard InChI is InChI=1S/C15H22F2O7S/c1-2-14(6-22-7-14)8-23-11-4-9-3-10(11)12(5-9)24-13(18)15(16,17)25(19,20)21/h9-12H,2-8H2,1H3,(H,19,20,21)/p-1. The number of carbonyl (C=O) groups excluding carboxylic acids is 1. The molecule has 3 aliphatic rings. The van der Waals surface area contributed by atoms with Gasteiger partial charge in [-0.3, -0.25) is 0 Å². The molecule has 1 heterocycles. The maximum absolute atomic E-state index is 13.3. The van der Waals surface area contributed by atoms with Crippen molar-refractivity contribution in [2.45, 2.75) is 50.1 Å². The van der Waals surface area contributed by atoms with Gasteiger partial charge in [-0.1, -0.05) is 6.92 Å². The number of hydrogen-bond acceptors (Lipinski definition) is 7. The summed E-state index contributed by atoms with van der Waals surface area (Å²) in [5, 5.41) is -5.07. The van der Waals surface area contributed by atoms with Crippen molar-refractivity contribution in [1.82, 2.24) is 0 Å². The van der Waals surface area contributed by atoms with Gasteiger partial charge >= 0.3 is 11.2 Å². The highest BCUT2D eigenvalue weighted by Crippen LogP contribution is 2.48. The van der Waals surface area contributed by atoms with Crippen molar-refractivity contribution in [1.29, 1.82) is 0 Å². The molecule has 0 radical (unpaired) electrons. The van der Waals surface area contributed by atoms with Gasteiger partial charge in [-0.2, -0.15) is 8.78 Å². The van der Waals surface area contributed by atoms with E-state index >= 15 is 0 Å². The summed E-state index contributed by atoms with van der Waals surface area (Å²) in [6, 6.07) is 0. The molecule has 4 unspecified atom stereocenters. The van der Waals surface area contributed by atoms with Gasteiger partial charge in [-0.25, -0.2) is 13.2 Å². The molecule has 3 fully saturated rings. The fourth-order valence-electron chi connectivity index (χ4n) is 3.92. The average Bonchev–Trinajstić information content (AvgIpc) is 3.05. The minimum absolute atomic E-state index is 0.0162. The van der Waals surface area contributed by atoms with Crippen LogP contribution in [0.3, 0.4) is 0 Å². The zero-order valence-corrected chi connectivity index (χ0v) is 14.6. The molecule has 2 bridgehead atoms. The number of hydrogen-bond donors (Lipinski definition) is 0. The summed E-state index contributed by atoms with van der Waals surface area (Å²) in [6.45, 7) is 3.78. The Morgan fingerprint density at radius 1 is 1.28 bits per heavy atom. The van der Waals surface area contributed by atoms with Gasteiger partial charge in [0.1, 0.15) is 6.10 Å². The van der Waals surface area contributed by atoms with Crippen LogP contribution < -0.4 is 0 Å². The lowest BCUT2D eigenvalue weighted by Crippen LogP contribution is -2.48. The fourth-order valence-corrected chi connectivity index (χ4v) is 4.17. The first kappa shape index (κ1) is 18.9. The van der Waals surface area contributed by atoms with E-state index in [1.165, 1.54) is 0 Å². The van der Waals surface area contributed by atoms with Crippen LogP contribution in [0, 0.1) is 17.3 Å². The zero-order chi connectivity index (χ0) is 18.5. The van der Waals surface area contributed by atoms with Gasteiger partial charge in [0.25, 0.3) is 0 Å². The SMILES string of the molecule is CCC1(COC2CC3CC(OC(=O)C(F)(F)S(=O)(=O)[O-])C2C3)COC1. The average molecular weight is 383 g/mol. The van der Waals surface area contributed by atoms with E-state index in [9.17, 15) is 26.5 Å². The summed E-state index contributed by atoms with van der Waals surface area (Å²) >= 11 is 0. The first-order valence-electron chi connectivity index (χ1n) is 8.32. The second kappa shape index (κ2) is 6.40. The third-order valence-corrected chi connectivity index (χ3v) is 6.47. The fraction of sp³-hybridized carbons (Fsp3) is 0.933. The number of alkyl halides is 2. The Labute approximate surface area is 144 Å². The molecule has 3 rings (SSSR count). The minimum Gasteiger partial charge on any atom is -0.743 e. The molecule has 0 aromatic rings. The summed E-state index contributed by atoms with van der Waals surface area (Å²) in [5.41, 5.74) is -0.0162. The van der Waals surface area contributed by atoms with Crippen LogP contribution >= 0.6 is 0 Å². The maximum atomic E-state index is 13.3. The quantitative estimate of drug-likeness (QED) is 0.482. The number of rotatable bonds is 7. The van der Waals surface area contributed by atoms with Gasteiger partial charge in [0, 0.05) is 11.3 Å². The van der Waals surface area contributed by atoms with E-state index in [1.54, 1.807) is 0 Å². The second-order valence-corrected chi connectivity index (χ2v) is 8.77. The molecule has 0 spiro atoms. The second-order valence-electron chi connectivity index (χ2n) is 7.35. The highest BCUT2D eigenvalue weighted by molar-refractivity contribution is 7.87. The van der Waals surface area contributed by atoms with Crippen molar-refractivity contribution < 1.29 is 40.8 Å². The molecular formula is C15H21F2O7S-. The Kier molecular flexibility index (Phi) is 4.85. The third-order valence-electron chi connectivity index (χ3n) is 5.67. The van der Waals surface area contributed by atoms with Crippen molar-refractivity contribution in [2.24, 2.45) is 17.3 Å². The van der Waals surface area contributed by atoms with Crippen LogP contribution in [-0.4, -0.2) is 56.2 Å². The summed E-state index contributed by atoms with van der Waals surface area (Å²) in [7, 11) is -6.10. The largest absolute Gasteiger partial charge is 0.743 e. The molecule has 0 aromatic heterocycles. The Hall–Kier alpha value is -0.840. The molecular weight excluding hydrogens is 362 g/mol. The van der Waals surface area contributed by atoms with Crippen LogP contribution in [0.2, 0.25) is 0 Å². The lowest BCUT2D eigenvalue weighted by molar-refractivity contribution is -0.182. The van der Waals surface area contributed by atoms with Crippen LogP contribution in [0.1, 0.15) is 32.6 Å². The summed E-state index contributed by atoms with van der Waals surface area (Å²) in [6.07, 6.45) is 1.65. The lowest BCUT2D eigenvalue weighted by atomic mass is 9.84. The van der Waals surface area contributed by atoms with Gasteiger partial charge < -0.3 is 18.8 Å². The molecule has 144 valence electrons. The Morgan fingerprint density at radius 2 is 1.92 bits per heavy atom. The van der Waals surface area contributed by atoms with Crippen LogP contribution in [-0.2, 0) is 29.1 Å². The van der Waals surface area contributed by atoms with Crippen molar-refractivity contribution >= 4 is 16.1 Å². The molecule has 0 amide bonds. The van der Waals surface area contributed by atoms with Crippen molar-refractivity contribution in [3.05, 3.63) is 0 Å². The van der Waals surface area contributed by atoms with Gasteiger partial charge in [0.05, 0.1) is 25.9 Å². The molecule has 2 aliphatic carbocycles. The highest BCUT2D eigenvalue weighted by Gasteiger charge is 2.54. The van der Waals surface area contributed by atoms with Gasteiger partial charge in [-0.05, 0) is 31.6 Å². The Morgan fingerprint density at radius 3 is 2.40 bits per heavy atom. The van der Waals surface area contributed by atoms with Crippen LogP contribution in [0.25, 0.3) is 0 Å². The normalized spacial score (nSPS) is 33.9. The first-order valence-corrected chi connectivity index (χ1v) is 9.72.